The topological polar surface area (TPSA) is 63.2 Å². The molecule has 4 nitrogen and oxygen atoms in total. The maximum Gasteiger partial charge on any atom is 0.175 e. The second-order valence-corrected chi connectivity index (χ2v) is 7.06. The summed E-state index contributed by atoms with van der Waals surface area (Å²) in [5, 5.41) is 3.00. The highest BCUT2D eigenvalue weighted by Crippen LogP contribution is 2.34. The van der Waals surface area contributed by atoms with Crippen molar-refractivity contribution in [3.63, 3.8) is 0 Å². The van der Waals surface area contributed by atoms with Gasteiger partial charge in [0.05, 0.1) is 0 Å². The molecule has 0 amide bonds. The fourth-order valence-corrected chi connectivity index (χ4v) is 2.85. The van der Waals surface area contributed by atoms with Crippen molar-refractivity contribution in [1.29, 1.82) is 0 Å². The molecule has 0 aromatic heterocycles. The van der Waals surface area contributed by atoms with E-state index in [0.717, 1.165) is 11.3 Å². The van der Waals surface area contributed by atoms with E-state index < -0.39 is 11.7 Å². The number of carbonyl (C=O) groups excluding carboxylic acids is 3. The number of aryl methyl sites for hydroxylation is 2. The first-order chi connectivity index (χ1) is 10.7. The third-order valence-electron chi connectivity index (χ3n) is 4.24. The Labute approximate surface area is 137 Å². The minimum absolute atomic E-state index is 0.271. The van der Waals surface area contributed by atoms with Crippen molar-refractivity contribution >= 4 is 23.0 Å². The summed E-state index contributed by atoms with van der Waals surface area (Å²) >= 11 is 0. The van der Waals surface area contributed by atoms with Crippen molar-refractivity contribution in [3.05, 3.63) is 41.6 Å². The van der Waals surface area contributed by atoms with Crippen LogP contribution in [-0.4, -0.2) is 17.3 Å². The summed E-state index contributed by atoms with van der Waals surface area (Å²) < 4.78 is 0. The molecule has 1 fully saturated rings. The maximum atomic E-state index is 12.2. The number of hydrogen-bond acceptors (Lipinski definition) is 4. The molecule has 23 heavy (non-hydrogen) atoms. The second kappa shape index (κ2) is 6.49. The van der Waals surface area contributed by atoms with Crippen LogP contribution in [0.1, 0.15) is 37.8 Å². The first-order valence-corrected chi connectivity index (χ1v) is 7.79. The van der Waals surface area contributed by atoms with Crippen LogP contribution < -0.4 is 5.32 Å². The highest BCUT2D eigenvalue weighted by molar-refractivity contribution is 6.23. The largest absolute Gasteiger partial charge is 0.362 e. The van der Waals surface area contributed by atoms with Crippen molar-refractivity contribution in [1.82, 2.24) is 0 Å². The molecule has 122 valence electrons. The molecule has 0 aliphatic heterocycles. The van der Waals surface area contributed by atoms with Crippen LogP contribution in [0.2, 0.25) is 0 Å². The van der Waals surface area contributed by atoms with Gasteiger partial charge in [0.25, 0.3) is 0 Å². The number of hydrogen-bond donors (Lipinski definition) is 1. The summed E-state index contributed by atoms with van der Waals surface area (Å²) in [5.41, 5.74) is 2.86. The Morgan fingerprint density at radius 3 is 2.30 bits per heavy atom. The van der Waals surface area contributed by atoms with Crippen LogP contribution in [0.4, 0.5) is 5.69 Å². The molecule has 1 aromatic rings. The van der Waals surface area contributed by atoms with Gasteiger partial charge in [-0.1, -0.05) is 19.9 Å². The van der Waals surface area contributed by atoms with Crippen molar-refractivity contribution in [2.75, 3.05) is 5.32 Å². The zero-order chi connectivity index (χ0) is 17.2. The molecule has 0 bridgehead atoms. The van der Waals surface area contributed by atoms with Crippen molar-refractivity contribution in [2.45, 2.75) is 40.5 Å². The van der Waals surface area contributed by atoms with Gasteiger partial charge in [-0.3, -0.25) is 14.4 Å². The Morgan fingerprint density at radius 1 is 1.13 bits per heavy atom. The van der Waals surface area contributed by atoms with E-state index in [1.165, 1.54) is 17.8 Å². The quantitative estimate of drug-likeness (QED) is 0.684. The molecule has 1 N–H and O–H groups in total. The van der Waals surface area contributed by atoms with E-state index in [4.69, 9.17) is 0 Å². The molecule has 0 saturated heterocycles. The predicted octanol–water partition coefficient (Wildman–Crippen LogP) is 3.37. The minimum atomic E-state index is -1.12. The van der Waals surface area contributed by atoms with Gasteiger partial charge in [-0.25, -0.2) is 0 Å². The fourth-order valence-electron chi connectivity index (χ4n) is 2.85. The van der Waals surface area contributed by atoms with Gasteiger partial charge in [0.1, 0.15) is 5.92 Å². The third-order valence-corrected chi connectivity index (χ3v) is 4.24. The molecule has 1 aromatic carbocycles. The number of nitrogens with one attached hydrogen (secondary N) is 1. The van der Waals surface area contributed by atoms with Crippen LogP contribution in [0.5, 0.6) is 0 Å². The van der Waals surface area contributed by atoms with E-state index in [-0.39, 0.29) is 29.8 Å². The van der Waals surface area contributed by atoms with Crippen molar-refractivity contribution in [3.8, 4) is 0 Å². The normalized spacial score (nSPS) is 18.4. The van der Waals surface area contributed by atoms with E-state index in [1.807, 2.05) is 45.9 Å². The first kappa shape index (κ1) is 17.1. The second-order valence-electron chi connectivity index (χ2n) is 7.06. The summed E-state index contributed by atoms with van der Waals surface area (Å²) in [6, 6.07) is 5.88. The van der Waals surface area contributed by atoms with Crippen LogP contribution in [0.3, 0.4) is 0 Å². The zero-order valence-corrected chi connectivity index (χ0v) is 14.1. The number of anilines is 1. The number of ketones is 3. The van der Waals surface area contributed by atoms with Crippen LogP contribution in [0.25, 0.3) is 0 Å². The molecule has 2 rings (SSSR count). The zero-order valence-electron chi connectivity index (χ0n) is 14.1. The van der Waals surface area contributed by atoms with Gasteiger partial charge in [0.2, 0.25) is 0 Å². The lowest BCUT2D eigenvalue weighted by Gasteiger charge is -2.30. The van der Waals surface area contributed by atoms with E-state index in [1.54, 1.807) is 0 Å². The van der Waals surface area contributed by atoms with Crippen LogP contribution in [0, 0.1) is 25.2 Å². The monoisotopic (exact) mass is 313 g/mol. The molecule has 0 spiro atoms. The summed E-state index contributed by atoms with van der Waals surface area (Å²) in [6.45, 7) is 7.79. The maximum absolute atomic E-state index is 12.2. The van der Waals surface area contributed by atoms with Gasteiger partial charge in [-0.05, 0) is 48.6 Å². The average molecular weight is 313 g/mol. The molecule has 1 aliphatic rings. The molecule has 0 unspecified atom stereocenters. The highest BCUT2D eigenvalue weighted by atomic mass is 16.2. The van der Waals surface area contributed by atoms with Crippen LogP contribution in [-0.2, 0) is 14.4 Å². The molecular formula is C19H23NO3. The number of carbonyl (C=O) groups is 3. The van der Waals surface area contributed by atoms with Gasteiger partial charge in [0, 0.05) is 24.7 Å². The Balaban J connectivity index is 2.02. The highest BCUT2D eigenvalue weighted by Gasteiger charge is 2.42. The van der Waals surface area contributed by atoms with Crippen LogP contribution >= 0.6 is 0 Å². The van der Waals surface area contributed by atoms with Crippen molar-refractivity contribution in [2.24, 2.45) is 11.3 Å². The summed E-state index contributed by atoms with van der Waals surface area (Å²) in [6.07, 6.45) is 3.32. The minimum Gasteiger partial charge on any atom is -0.362 e. The van der Waals surface area contributed by atoms with Gasteiger partial charge in [-0.15, -0.1) is 0 Å². The molecule has 0 heterocycles. The molecular weight excluding hydrogens is 290 g/mol. The molecule has 1 aliphatic carbocycles. The SMILES string of the molecule is Cc1ccc(NC=CC(=O)C2C(=O)CC(C)(C)CC2=O)cc1C. The summed E-state index contributed by atoms with van der Waals surface area (Å²) in [4.78, 5) is 36.3. The standard InChI is InChI=1S/C19H23NO3/c1-12-5-6-14(9-13(12)2)20-8-7-15(21)18-16(22)10-19(3,4)11-17(18)23/h5-9,18,20H,10-11H2,1-4H3. The van der Waals surface area contributed by atoms with E-state index in [2.05, 4.69) is 5.32 Å². The van der Waals surface area contributed by atoms with E-state index in [9.17, 15) is 14.4 Å². The summed E-state index contributed by atoms with van der Waals surface area (Å²) in [5.74, 6) is -2.10. The molecule has 0 atom stereocenters. The van der Waals surface area contributed by atoms with Gasteiger partial charge in [-0.2, -0.15) is 0 Å². The molecule has 4 heteroatoms. The lowest BCUT2D eigenvalue weighted by Crippen LogP contribution is -2.41. The fraction of sp³-hybridized carbons (Fsp3) is 0.421. The Morgan fingerprint density at radius 2 is 1.74 bits per heavy atom. The summed E-state index contributed by atoms with van der Waals surface area (Å²) in [7, 11) is 0. The average Bonchev–Trinajstić information content (AvgIpc) is 2.40. The lowest BCUT2D eigenvalue weighted by molar-refractivity contribution is -0.143. The Bertz CT molecular complexity index is 666. The Kier molecular flexibility index (Phi) is 4.83. The van der Waals surface area contributed by atoms with E-state index in [0.29, 0.717) is 0 Å². The number of allylic oxidation sites excluding steroid dienone is 1. The van der Waals surface area contributed by atoms with Gasteiger partial charge in [0.15, 0.2) is 17.3 Å². The third kappa shape index (κ3) is 4.15. The van der Waals surface area contributed by atoms with E-state index >= 15 is 0 Å². The van der Waals surface area contributed by atoms with Crippen molar-refractivity contribution < 1.29 is 14.4 Å². The number of benzene rings is 1. The molecule has 1 saturated carbocycles. The Hall–Kier alpha value is -2.23. The first-order valence-electron chi connectivity index (χ1n) is 7.79. The predicted molar refractivity (Wildman–Crippen MR) is 90.2 cm³/mol. The lowest BCUT2D eigenvalue weighted by atomic mass is 9.70. The smallest absolute Gasteiger partial charge is 0.175 e. The van der Waals surface area contributed by atoms with Gasteiger partial charge >= 0.3 is 0 Å². The molecule has 0 radical (unpaired) electrons. The number of rotatable bonds is 4. The number of Topliss-reactive ketones (excluding diaryl/α,β-unsaturated/α-hetero) is 2. The van der Waals surface area contributed by atoms with Crippen LogP contribution in [0.15, 0.2) is 30.5 Å². The van der Waals surface area contributed by atoms with Gasteiger partial charge < -0.3 is 5.32 Å².